The molecule has 0 bridgehead atoms. The molecule has 3 nitrogen and oxygen atoms in total. The zero-order valence-corrected chi connectivity index (χ0v) is 13.1. The highest BCUT2D eigenvalue weighted by molar-refractivity contribution is 5.14. The van der Waals surface area contributed by atoms with E-state index in [0.717, 1.165) is 26.4 Å². The molecule has 2 fully saturated rings. The molecule has 1 aromatic rings. The molecule has 2 heterocycles. The lowest BCUT2D eigenvalue weighted by atomic mass is 9.82. The molecule has 0 saturated carbocycles. The number of fused-ring (bicyclic) bond motifs is 1. The van der Waals surface area contributed by atoms with Crippen molar-refractivity contribution in [1.82, 2.24) is 4.90 Å². The largest absolute Gasteiger partial charge is 0.384 e. The fourth-order valence-electron chi connectivity index (χ4n) is 3.91. The van der Waals surface area contributed by atoms with Crippen molar-refractivity contribution in [2.24, 2.45) is 11.3 Å². The van der Waals surface area contributed by atoms with Crippen LogP contribution in [0.1, 0.15) is 18.4 Å². The summed E-state index contributed by atoms with van der Waals surface area (Å²) >= 11 is 0. The van der Waals surface area contributed by atoms with E-state index in [9.17, 15) is 0 Å². The molecule has 0 aliphatic carbocycles. The van der Waals surface area contributed by atoms with E-state index in [1.807, 2.05) is 7.11 Å². The van der Waals surface area contributed by atoms with Crippen molar-refractivity contribution in [2.75, 3.05) is 46.6 Å². The fourth-order valence-corrected chi connectivity index (χ4v) is 3.91. The summed E-state index contributed by atoms with van der Waals surface area (Å²) in [4.78, 5) is 2.62. The highest BCUT2D eigenvalue weighted by atomic mass is 16.5. The first kappa shape index (κ1) is 15.0. The number of nitrogens with zero attached hydrogens (tertiary/aromatic N) is 1. The van der Waals surface area contributed by atoms with Gasteiger partial charge in [-0.2, -0.15) is 0 Å². The predicted molar refractivity (Wildman–Crippen MR) is 84.4 cm³/mol. The molecular formula is C18H27NO2. The molecule has 2 atom stereocenters. The first-order valence-corrected chi connectivity index (χ1v) is 8.15. The van der Waals surface area contributed by atoms with Crippen LogP contribution in [-0.4, -0.2) is 51.5 Å². The van der Waals surface area contributed by atoms with E-state index in [-0.39, 0.29) is 5.41 Å². The van der Waals surface area contributed by atoms with Crippen molar-refractivity contribution in [3.8, 4) is 0 Å². The number of ether oxygens (including phenoxy) is 2. The second kappa shape index (κ2) is 6.91. The third kappa shape index (κ3) is 3.47. The molecule has 0 aromatic heterocycles. The minimum atomic E-state index is 0.272. The molecular weight excluding hydrogens is 262 g/mol. The lowest BCUT2D eigenvalue weighted by Gasteiger charge is -2.26. The van der Waals surface area contributed by atoms with Gasteiger partial charge < -0.3 is 14.4 Å². The van der Waals surface area contributed by atoms with E-state index >= 15 is 0 Å². The highest BCUT2D eigenvalue weighted by Crippen LogP contribution is 2.41. The van der Waals surface area contributed by atoms with Crippen LogP contribution in [0.25, 0.3) is 0 Å². The SMILES string of the molecule is COC[C@@]12COC[C@@H]1CN(CCCCc1ccccc1)C2. The van der Waals surface area contributed by atoms with Crippen molar-refractivity contribution in [2.45, 2.75) is 19.3 Å². The number of rotatable bonds is 7. The summed E-state index contributed by atoms with van der Waals surface area (Å²) in [6.45, 7) is 6.20. The van der Waals surface area contributed by atoms with E-state index in [2.05, 4.69) is 35.2 Å². The second-order valence-electron chi connectivity index (χ2n) is 6.69. The van der Waals surface area contributed by atoms with Gasteiger partial charge in [0.05, 0.1) is 19.8 Å². The summed E-state index contributed by atoms with van der Waals surface area (Å²) in [5, 5.41) is 0. The molecule has 0 unspecified atom stereocenters. The molecule has 1 aromatic carbocycles. The third-order valence-electron chi connectivity index (χ3n) is 5.06. The Kier molecular flexibility index (Phi) is 4.94. The monoisotopic (exact) mass is 289 g/mol. The van der Waals surface area contributed by atoms with Crippen LogP contribution in [0.3, 0.4) is 0 Å². The van der Waals surface area contributed by atoms with Crippen LogP contribution < -0.4 is 0 Å². The summed E-state index contributed by atoms with van der Waals surface area (Å²) < 4.78 is 11.1. The van der Waals surface area contributed by atoms with Crippen LogP contribution in [0, 0.1) is 11.3 Å². The molecule has 0 radical (unpaired) electrons. The first-order chi connectivity index (χ1) is 10.3. The van der Waals surface area contributed by atoms with Crippen LogP contribution >= 0.6 is 0 Å². The highest BCUT2D eigenvalue weighted by Gasteiger charge is 2.50. The quantitative estimate of drug-likeness (QED) is 0.720. The van der Waals surface area contributed by atoms with Crippen molar-refractivity contribution >= 4 is 0 Å². The Labute approximate surface area is 128 Å². The van der Waals surface area contributed by atoms with E-state index in [1.165, 1.54) is 37.9 Å². The minimum Gasteiger partial charge on any atom is -0.384 e. The Hall–Kier alpha value is -0.900. The Bertz CT molecular complexity index is 436. The van der Waals surface area contributed by atoms with Gasteiger partial charge >= 0.3 is 0 Å². The maximum Gasteiger partial charge on any atom is 0.0561 e. The van der Waals surface area contributed by atoms with Crippen LogP contribution in [-0.2, 0) is 15.9 Å². The number of hydrogen-bond acceptors (Lipinski definition) is 3. The van der Waals surface area contributed by atoms with Gasteiger partial charge in [0, 0.05) is 31.5 Å². The number of methoxy groups -OCH3 is 1. The van der Waals surface area contributed by atoms with Crippen LogP contribution in [0.4, 0.5) is 0 Å². The maximum atomic E-state index is 5.69. The Balaban J connectivity index is 1.41. The summed E-state index contributed by atoms with van der Waals surface area (Å²) in [5.41, 5.74) is 1.73. The lowest BCUT2D eigenvalue weighted by Crippen LogP contribution is -2.35. The zero-order valence-electron chi connectivity index (χ0n) is 13.1. The van der Waals surface area contributed by atoms with Crippen molar-refractivity contribution in [3.63, 3.8) is 0 Å². The molecule has 2 saturated heterocycles. The summed E-state index contributed by atoms with van der Waals surface area (Å²) in [7, 11) is 1.81. The van der Waals surface area contributed by atoms with Gasteiger partial charge in [-0.3, -0.25) is 0 Å². The topological polar surface area (TPSA) is 21.7 Å². The van der Waals surface area contributed by atoms with Crippen LogP contribution in [0.2, 0.25) is 0 Å². The van der Waals surface area contributed by atoms with E-state index < -0.39 is 0 Å². The molecule has 0 amide bonds. The fraction of sp³-hybridized carbons (Fsp3) is 0.667. The van der Waals surface area contributed by atoms with E-state index in [0.29, 0.717) is 5.92 Å². The van der Waals surface area contributed by atoms with Crippen LogP contribution in [0.15, 0.2) is 30.3 Å². The van der Waals surface area contributed by atoms with Gasteiger partial charge in [0.2, 0.25) is 0 Å². The summed E-state index contributed by atoms with van der Waals surface area (Å²) in [5.74, 6) is 0.673. The van der Waals surface area contributed by atoms with E-state index in [4.69, 9.17) is 9.47 Å². The Morgan fingerprint density at radius 3 is 2.95 bits per heavy atom. The predicted octanol–water partition coefficient (Wildman–Crippen LogP) is 2.60. The summed E-state index contributed by atoms with van der Waals surface area (Å²) in [6, 6.07) is 10.8. The van der Waals surface area contributed by atoms with Gasteiger partial charge in [0.15, 0.2) is 0 Å². The van der Waals surface area contributed by atoms with Crippen molar-refractivity contribution < 1.29 is 9.47 Å². The number of aryl methyl sites for hydroxylation is 1. The molecule has 3 heteroatoms. The summed E-state index contributed by atoms with van der Waals surface area (Å²) in [6.07, 6.45) is 3.76. The molecule has 0 spiro atoms. The molecule has 2 aliphatic heterocycles. The molecule has 2 aliphatic rings. The number of benzene rings is 1. The van der Waals surface area contributed by atoms with Gasteiger partial charge in [-0.05, 0) is 31.4 Å². The lowest BCUT2D eigenvalue weighted by molar-refractivity contribution is 0.0539. The average molecular weight is 289 g/mol. The van der Waals surface area contributed by atoms with Crippen molar-refractivity contribution in [3.05, 3.63) is 35.9 Å². The standard InChI is InChI=1S/C18H27NO2/c1-20-14-18-13-19(11-17(18)12-21-15-18)10-6-5-9-16-7-3-2-4-8-16/h2-4,7-8,17H,5-6,9-15H2,1H3/t17-,18-/m0/s1. The van der Waals surface area contributed by atoms with E-state index in [1.54, 1.807) is 0 Å². The molecule has 0 N–H and O–H groups in total. The Morgan fingerprint density at radius 2 is 2.14 bits per heavy atom. The van der Waals surface area contributed by atoms with Crippen LogP contribution in [0.5, 0.6) is 0 Å². The first-order valence-electron chi connectivity index (χ1n) is 8.15. The number of unbranched alkanes of at least 4 members (excludes halogenated alkanes) is 1. The normalized spacial score (nSPS) is 28.9. The van der Waals surface area contributed by atoms with Crippen molar-refractivity contribution in [1.29, 1.82) is 0 Å². The number of hydrogen-bond donors (Lipinski definition) is 0. The Morgan fingerprint density at radius 1 is 1.29 bits per heavy atom. The third-order valence-corrected chi connectivity index (χ3v) is 5.06. The van der Waals surface area contributed by atoms with Gasteiger partial charge in [-0.25, -0.2) is 0 Å². The molecule has 3 rings (SSSR count). The van der Waals surface area contributed by atoms with Gasteiger partial charge in [-0.1, -0.05) is 30.3 Å². The minimum absolute atomic E-state index is 0.272. The maximum absolute atomic E-state index is 5.69. The zero-order chi connectivity index (χ0) is 14.5. The second-order valence-corrected chi connectivity index (χ2v) is 6.69. The van der Waals surface area contributed by atoms with Gasteiger partial charge in [0.25, 0.3) is 0 Å². The molecule has 21 heavy (non-hydrogen) atoms. The smallest absolute Gasteiger partial charge is 0.0561 e. The average Bonchev–Trinajstić information content (AvgIpc) is 3.01. The van der Waals surface area contributed by atoms with Gasteiger partial charge in [0.1, 0.15) is 0 Å². The molecule has 116 valence electrons. The van der Waals surface area contributed by atoms with Gasteiger partial charge in [-0.15, -0.1) is 0 Å². The number of likely N-dealkylation sites (tertiary alicyclic amines) is 1.